The molecule has 90 valence electrons. The fourth-order valence-corrected chi connectivity index (χ4v) is 2.62. The van der Waals surface area contributed by atoms with E-state index in [1.54, 1.807) is 0 Å². The van der Waals surface area contributed by atoms with Gasteiger partial charge in [0, 0.05) is 18.6 Å². The van der Waals surface area contributed by atoms with Crippen LogP contribution < -0.4 is 5.32 Å². The molecule has 0 aromatic carbocycles. The van der Waals surface area contributed by atoms with Crippen molar-refractivity contribution in [2.24, 2.45) is 0 Å². The van der Waals surface area contributed by atoms with Crippen LogP contribution >= 0.6 is 11.8 Å². The maximum absolute atomic E-state index is 3.64. The molecule has 1 heterocycles. The Balaban J connectivity index is 2.35. The molecule has 0 aliphatic carbocycles. The van der Waals surface area contributed by atoms with E-state index in [1.807, 2.05) is 11.8 Å². The maximum Gasteiger partial charge on any atom is 0.0192 e. The first-order chi connectivity index (χ1) is 7.27. The van der Waals surface area contributed by atoms with Crippen molar-refractivity contribution < 1.29 is 0 Å². The average Bonchev–Trinajstić information content (AvgIpc) is 2.42. The second kappa shape index (κ2) is 7.53. The predicted octanol–water partition coefficient (Wildman–Crippen LogP) is 2.20. The van der Waals surface area contributed by atoms with E-state index in [0.29, 0.717) is 6.04 Å². The van der Waals surface area contributed by atoms with Crippen LogP contribution in [0.15, 0.2) is 0 Å². The van der Waals surface area contributed by atoms with Crippen molar-refractivity contribution in [3.63, 3.8) is 0 Å². The topological polar surface area (TPSA) is 15.3 Å². The molecular formula is C12H26N2S. The van der Waals surface area contributed by atoms with Crippen LogP contribution in [-0.2, 0) is 0 Å². The second-order valence-corrected chi connectivity index (χ2v) is 5.52. The Bertz CT molecular complexity index is 164. The lowest BCUT2D eigenvalue weighted by atomic mass is 10.2. The molecule has 2 atom stereocenters. The third kappa shape index (κ3) is 4.75. The van der Waals surface area contributed by atoms with E-state index >= 15 is 0 Å². The summed E-state index contributed by atoms with van der Waals surface area (Å²) < 4.78 is 0. The number of hydrogen-bond donors (Lipinski definition) is 1. The molecule has 0 amide bonds. The quantitative estimate of drug-likeness (QED) is 0.729. The van der Waals surface area contributed by atoms with Gasteiger partial charge >= 0.3 is 0 Å². The number of nitrogens with one attached hydrogen (secondary N) is 1. The van der Waals surface area contributed by atoms with Crippen molar-refractivity contribution in [1.82, 2.24) is 10.2 Å². The molecule has 0 radical (unpaired) electrons. The summed E-state index contributed by atoms with van der Waals surface area (Å²) in [4.78, 5) is 2.67. The fraction of sp³-hybridized carbons (Fsp3) is 1.00. The lowest BCUT2D eigenvalue weighted by Gasteiger charge is -2.28. The zero-order valence-electron chi connectivity index (χ0n) is 10.5. The highest BCUT2D eigenvalue weighted by Gasteiger charge is 2.20. The van der Waals surface area contributed by atoms with Gasteiger partial charge < -0.3 is 5.32 Å². The van der Waals surface area contributed by atoms with Crippen molar-refractivity contribution in [2.75, 3.05) is 31.6 Å². The number of thioether (sulfide) groups is 1. The van der Waals surface area contributed by atoms with Gasteiger partial charge in [0.2, 0.25) is 0 Å². The van der Waals surface area contributed by atoms with Crippen LogP contribution in [0.3, 0.4) is 0 Å². The van der Waals surface area contributed by atoms with Gasteiger partial charge in [0.15, 0.2) is 0 Å². The van der Waals surface area contributed by atoms with Crippen molar-refractivity contribution in [3.8, 4) is 0 Å². The highest BCUT2D eigenvalue weighted by Crippen LogP contribution is 2.11. The molecular weight excluding hydrogens is 204 g/mol. The summed E-state index contributed by atoms with van der Waals surface area (Å²) in [7, 11) is 0. The third-order valence-corrected chi connectivity index (χ3v) is 4.06. The summed E-state index contributed by atoms with van der Waals surface area (Å²) in [6.07, 6.45) is 6.09. The van der Waals surface area contributed by atoms with Gasteiger partial charge in [0.1, 0.15) is 0 Å². The highest BCUT2D eigenvalue weighted by atomic mass is 32.2. The zero-order valence-corrected chi connectivity index (χ0v) is 11.3. The van der Waals surface area contributed by atoms with E-state index < -0.39 is 0 Å². The summed E-state index contributed by atoms with van der Waals surface area (Å²) >= 11 is 1.96. The number of hydrogen-bond acceptors (Lipinski definition) is 3. The van der Waals surface area contributed by atoms with Crippen molar-refractivity contribution >= 4 is 11.8 Å². The molecule has 0 spiro atoms. The largest absolute Gasteiger partial charge is 0.313 e. The standard InChI is InChI=1S/C12H26N2S/c1-4-12-10-14(8-5-9-15-3)11(2)6-7-13-12/h11-13H,4-10H2,1-3H3. The van der Waals surface area contributed by atoms with E-state index in [4.69, 9.17) is 0 Å². The average molecular weight is 230 g/mol. The van der Waals surface area contributed by atoms with Crippen LogP contribution in [0, 0.1) is 0 Å². The number of rotatable bonds is 5. The van der Waals surface area contributed by atoms with E-state index in [9.17, 15) is 0 Å². The molecule has 1 aliphatic rings. The first-order valence-electron chi connectivity index (χ1n) is 6.24. The lowest BCUT2D eigenvalue weighted by Crippen LogP contribution is -2.40. The second-order valence-electron chi connectivity index (χ2n) is 4.54. The first kappa shape index (κ1) is 13.3. The van der Waals surface area contributed by atoms with Crippen LogP contribution in [0.1, 0.15) is 33.1 Å². The highest BCUT2D eigenvalue weighted by molar-refractivity contribution is 7.98. The van der Waals surface area contributed by atoms with Gasteiger partial charge in [-0.2, -0.15) is 11.8 Å². The third-order valence-electron chi connectivity index (χ3n) is 3.36. The molecule has 3 heteroatoms. The Hall–Kier alpha value is 0.270. The summed E-state index contributed by atoms with van der Waals surface area (Å²) in [6, 6.07) is 1.47. The maximum atomic E-state index is 3.64. The fourth-order valence-electron chi connectivity index (χ4n) is 2.20. The van der Waals surface area contributed by atoms with Gasteiger partial charge in [0.25, 0.3) is 0 Å². The van der Waals surface area contributed by atoms with Gasteiger partial charge in [-0.15, -0.1) is 0 Å². The van der Waals surface area contributed by atoms with Gasteiger partial charge in [0.05, 0.1) is 0 Å². The van der Waals surface area contributed by atoms with E-state index in [-0.39, 0.29) is 0 Å². The van der Waals surface area contributed by atoms with Crippen LogP contribution in [-0.4, -0.2) is 48.6 Å². The molecule has 2 nitrogen and oxygen atoms in total. The lowest BCUT2D eigenvalue weighted by molar-refractivity contribution is 0.204. The van der Waals surface area contributed by atoms with E-state index in [1.165, 1.54) is 44.6 Å². The molecule has 1 saturated heterocycles. The Morgan fingerprint density at radius 2 is 2.27 bits per heavy atom. The van der Waals surface area contributed by atoms with E-state index in [2.05, 4.69) is 30.3 Å². The normalized spacial score (nSPS) is 29.0. The summed E-state index contributed by atoms with van der Waals surface area (Å²) in [5, 5.41) is 3.64. The Labute approximate surface area is 99.2 Å². The van der Waals surface area contributed by atoms with Crippen molar-refractivity contribution in [3.05, 3.63) is 0 Å². The Kier molecular flexibility index (Phi) is 6.69. The SMILES string of the molecule is CCC1CN(CCCSC)C(C)CCN1. The molecule has 2 unspecified atom stereocenters. The predicted molar refractivity (Wildman–Crippen MR) is 70.7 cm³/mol. The van der Waals surface area contributed by atoms with Gasteiger partial charge in [-0.3, -0.25) is 4.90 Å². The molecule has 1 fully saturated rings. The molecule has 1 rings (SSSR count). The molecule has 0 aromatic rings. The van der Waals surface area contributed by atoms with Gasteiger partial charge in [-0.25, -0.2) is 0 Å². The molecule has 0 bridgehead atoms. The minimum absolute atomic E-state index is 0.712. The van der Waals surface area contributed by atoms with Gasteiger partial charge in [-0.05, 0) is 51.3 Å². The first-order valence-corrected chi connectivity index (χ1v) is 7.63. The summed E-state index contributed by atoms with van der Waals surface area (Å²) in [5.41, 5.74) is 0. The van der Waals surface area contributed by atoms with Gasteiger partial charge in [-0.1, -0.05) is 6.92 Å². The summed E-state index contributed by atoms with van der Waals surface area (Å²) in [6.45, 7) is 8.37. The molecule has 0 aromatic heterocycles. The van der Waals surface area contributed by atoms with Crippen molar-refractivity contribution in [1.29, 1.82) is 0 Å². The summed E-state index contributed by atoms with van der Waals surface area (Å²) in [5.74, 6) is 1.30. The van der Waals surface area contributed by atoms with Crippen molar-refractivity contribution in [2.45, 2.75) is 45.2 Å². The minimum atomic E-state index is 0.712. The molecule has 1 N–H and O–H groups in total. The Morgan fingerprint density at radius 3 is 2.93 bits per heavy atom. The molecule has 0 saturated carbocycles. The van der Waals surface area contributed by atoms with Crippen LogP contribution in [0.5, 0.6) is 0 Å². The number of nitrogens with zero attached hydrogens (tertiary/aromatic N) is 1. The Morgan fingerprint density at radius 1 is 1.47 bits per heavy atom. The van der Waals surface area contributed by atoms with Crippen LogP contribution in [0.4, 0.5) is 0 Å². The molecule has 15 heavy (non-hydrogen) atoms. The minimum Gasteiger partial charge on any atom is -0.313 e. The van der Waals surface area contributed by atoms with E-state index in [0.717, 1.165) is 6.04 Å². The smallest absolute Gasteiger partial charge is 0.0192 e. The zero-order chi connectivity index (χ0) is 11.1. The van der Waals surface area contributed by atoms with Crippen LogP contribution in [0.25, 0.3) is 0 Å². The monoisotopic (exact) mass is 230 g/mol. The van der Waals surface area contributed by atoms with Crippen LogP contribution in [0.2, 0.25) is 0 Å². The molecule has 1 aliphatic heterocycles.